The highest BCUT2D eigenvalue weighted by Gasteiger charge is 2.26. The van der Waals surface area contributed by atoms with Crippen molar-refractivity contribution in [1.82, 2.24) is 14.3 Å². The summed E-state index contributed by atoms with van der Waals surface area (Å²) in [6.45, 7) is 6.40. The second-order valence-corrected chi connectivity index (χ2v) is 7.35. The van der Waals surface area contributed by atoms with Crippen molar-refractivity contribution in [3.05, 3.63) is 17.6 Å². The first-order valence-corrected chi connectivity index (χ1v) is 8.84. The van der Waals surface area contributed by atoms with Gasteiger partial charge in [-0.3, -0.25) is 0 Å². The lowest BCUT2D eigenvalue weighted by molar-refractivity contribution is 0.384. The van der Waals surface area contributed by atoms with Crippen molar-refractivity contribution in [3.8, 4) is 0 Å². The van der Waals surface area contributed by atoms with E-state index >= 15 is 0 Å². The molecule has 0 radical (unpaired) electrons. The maximum absolute atomic E-state index is 11.9. The van der Waals surface area contributed by atoms with Crippen LogP contribution in [0.3, 0.4) is 0 Å². The Morgan fingerprint density at radius 1 is 1.24 bits per heavy atom. The van der Waals surface area contributed by atoms with Crippen molar-refractivity contribution in [3.63, 3.8) is 0 Å². The van der Waals surface area contributed by atoms with E-state index in [1.807, 2.05) is 13.0 Å². The minimum Gasteiger partial charge on any atom is -0.354 e. The molecule has 1 aromatic rings. The van der Waals surface area contributed by atoms with Crippen LogP contribution in [0.25, 0.3) is 0 Å². The third-order valence-corrected chi connectivity index (χ3v) is 5.48. The second-order valence-electron chi connectivity index (χ2n) is 5.09. The van der Waals surface area contributed by atoms with Crippen LogP contribution in [-0.2, 0) is 16.4 Å². The number of nitrogens with zero attached hydrogens (tertiary/aromatic N) is 4. The molecule has 21 heavy (non-hydrogen) atoms. The number of aryl methyl sites for hydroxylation is 1. The molecule has 2 heterocycles. The third kappa shape index (κ3) is 3.90. The fourth-order valence-corrected chi connectivity index (χ4v) is 3.51. The van der Waals surface area contributed by atoms with Gasteiger partial charge in [-0.25, -0.2) is 18.4 Å². The van der Waals surface area contributed by atoms with Gasteiger partial charge in [-0.2, -0.15) is 4.31 Å². The molecule has 1 saturated heterocycles. The van der Waals surface area contributed by atoms with Gasteiger partial charge in [0.15, 0.2) is 0 Å². The Hall–Kier alpha value is -1.25. The number of piperazine rings is 1. The van der Waals surface area contributed by atoms with Crippen molar-refractivity contribution < 1.29 is 8.42 Å². The van der Waals surface area contributed by atoms with Crippen molar-refractivity contribution in [2.75, 3.05) is 43.4 Å². The van der Waals surface area contributed by atoms with Gasteiger partial charge in [0, 0.05) is 44.4 Å². The van der Waals surface area contributed by atoms with Crippen molar-refractivity contribution in [2.24, 2.45) is 5.73 Å². The van der Waals surface area contributed by atoms with Crippen molar-refractivity contribution in [1.29, 1.82) is 0 Å². The summed E-state index contributed by atoms with van der Waals surface area (Å²) in [7, 11) is -3.09. The van der Waals surface area contributed by atoms with Gasteiger partial charge >= 0.3 is 0 Å². The van der Waals surface area contributed by atoms with Gasteiger partial charge in [-0.1, -0.05) is 0 Å². The lowest BCUT2D eigenvalue weighted by Crippen LogP contribution is -2.49. The van der Waals surface area contributed by atoms with Crippen LogP contribution in [0.1, 0.15) is 18.4 Å². The van der Waals surface area contributed by atoms with E-state index in [9.17, 15) is 8.42 Å². The number of anilines is 1. The molecule has 2 N–H and O–H groups in total. The quantitative estimate of drug-likeness (QED) is 0.806. The van der Waals surface area contributed by atoms with Crippen LogP contribution in [0, 0.1) is 6.92 Å². The fourth-order valence-electron chi connectivity index (χ4n) is 2.43. The van der Waals surface area contributed by atoms with Gasteiger partial charge in [0.25, 0.3) is 0 Å². The Balaban J connectivity index is 2.08. The fraction of sp³-hybridized carbons (Fsp3) is 0.692. The molecule has 0 saturated carbocycles. The molecule has 1 fully saturated rings. The first-order valence-electron chi connectivity index (χ1n) is 7.23. The molecule has 7 nitrogen and oxygen atoms in total. The smallest absolute Gasteiger partial charge is 0.213 e. The van der Waals surface area contributed by atoms with Crippen LogP contribution in [-0.4, -0.2) is 61.2 Å². The summed E-state index contributed by atoms with van der Waals surface area (Å²) in [6.07, 6.45) is 0.723. The Morgan fingerprint density at radius 2 is 1.90 bits per heavy atom. The Labute approximate surface area is 126 Å². The van der Waals surface area contributed by atoms with Crippen LogP contribution in [0.15, 0.2) is 6.07 Å². The molecule has 1 aliphatic rings. The largest absolute Gasteiger partial charge is 0.354 e. The number of rotatable bonds is 5. The van der Waals surface area contributed by atoms with Gasteiger partial charge < -0.3 is 10.6 Å². The molecule has 0 unspecified atom stereocenters. The van der Waals surface area contributed by atoms with Gasteiger partial charge in [-0.15, -0.1) is 0 Å². The number of sulfonamides is 1. The molecule has 0 aliphatic carbocycles. The summed E-state index contributed by atoms with van der Waals surface area (Å²) in [4.78, 5) is 10.9. The molecule has 8 heteroatoms. The molecule has 118 valence electrons. The zero-order valence-corrected chi connectivity index (χ0v) is 13.4. The molecule has 0 spiro atoms. The molecular weight excluding hydrogens is 290 g/mol. The predicted molar refractivity (Wildman–Crippen MR) is 82.8 cm³/mol. The summed E-state index contributed by atoms with van der Waals surface area (Å²) >= 11 is 0. The molecule has 0 aromatic carbocycles. The van der Waals surface area contributed by atoms with E-state index < -0.39 is 10.0 Å². The maximum Gasteiger partial charge on any atom is 0.213 e. The minimum atomic E-state index is -3.09. The number of hydrogen-bond donors (Lipinski definition) is 1. The van der Waals surface area contributed by atoms with Gasteiger partial charge in [0.1, 0.15) is 11.6 Å². The SMILES string of the molecule is CCS(=O)(=O)N1CCN(c2cc(CCN)nc(C)n2)CC1. The summed E-state index contributed by atoms with van der Waals surface area (Å²) in [5, 5.41) is 0. The lowest BCUT2D eigenvalue weighted by Gasteiger charge is -2.34. The zero-order valence-electron chi connectivity index (χ0n) is 12.6. The van der Waals surface area contributed by atoms with E-state index in [1.54, 1.807) is 11.2 Å². The average Bonchev–Trinajstić information content (AvgIpc) is 2.47. The first-order chi connectivity index (χ1) is 9.96. The first kappa shape index (κ1) is 16.1. The highest BCUT2D eigenvalue weighted by molar-refractivity contribution is 7.89. The van der Waals surface area contributed by atoms with E-state index in [0.717, 1.165) is 23.8 Å². The molecule has 0 atom stereocenters. The highest BCUT2D eigenvalue weighted by Crippen LogP contribution is 2.17. The van der Waals surface area contributed by atoms with E-state index in [-0.39, 0.29) is 5.75 Å². The topological polar surface area (TPSA) is 92.4 Å². The minimum absolute atomic E-state index is 0.153. The summed E-state index contributed by atoms with van der Waals surface area (Å²) in [5.74, 6) is 1.74. The molecule has 2 rings (SSSR count). The zero-order chi connectivity index (χ0) is 15.5. The van der Waals surface area contributed by atoms with E-state index in [2.05, 4.69) is 14.9 Å². The van der Waals surface area contributed by atoms with Crippen LogP contribution < -0.4 is 10.6 Å². The average molecular weight is 313 g/mol. The Morgan fingerprint density at radius 3 is 2.48 bits per heavy atom. The lowest BCUT2D eigenvalue weighted by atomic mass is 10.2. The van der Waals surface area contributed by atoms with E-state index in [1.165, 1.54) is 0 Å². The predicted octanol–water partition coefficient (Wildman–Crippen LogP) is -0.242. The van der Waals surface area contributed by atoms with Crippen LogP contribution in [0.2, 0.25) is 0 Å². The molecule has 1 aromatic heterocycles. The summed E-state index contributed by atoms with van der Waals surface area (Å²) < 4.78 is 25.3. The monoisotopic (exact) mass is 313 g/mol. The summed E-state index contributed by atoms with van der Waals surface area (Å²) in [6, 6.07) is 1.95. The number of nitrogens with two attached hydrogens (primary N) is 1. The number of hydrogen-bond acceptors (Lipinski definition) is 6. The van der Waals surface area contributed by atoms with Gasteiger partial charge in [-0.05, 0) is 20.4 Å². The number of aromatic nitrogens is 2. The Kier molecular flexibility index (Phi) is 5.13. The standard InChI is InChI=1S/C13H23N5O2S/c1-3-21(19,20)18-8-6-17(7-9-18)13-10-12(4-5-14)15-11(2)16-13/h10H,3-9,14H2,1-2H3. The van der Waals surface area contributed by atoms with Crippen molar-refractivity contribution >= 4 is 15.8 Å². The van der Waals surface area contributed by atoms with Crippen molar-refractivity contribution in [2.45, 2.75) is 20.3 Å². The normalized spacial score (nSPS) is 17.2. The maximum atomic E-state index is 11.9. The molecule has 0 bridgehead atoms. The second kappa shape index (κ2) is 6.67. The highest BCUT2D eigenvalue weighted by atomic mass is 32.2. The van der Waals surface area contributed by atoms with Crippen LogP contribution >= 0.6 is 0 Å². The van der Waals surface area contributed by atoms with E-state index in [4.69, 9.17) is 5.73 Å². The third-order valence-electron chi connectivity index (χ3n) is 3.60. The van der Waals surface area contributed by atoms with Crippen LogP contribution in [0.4, 0.5) is 5.82 Å². The summed E-state index contributed by atoms with van der Waals surface area (Å²) in [5.41, 5.74) is 6.51. The Bertz CT molecular complexity index is 582. The van der Waals surface area contributed by atoms with Gasteiger partial charge in [0.05, 0.1) is 5.75 Å². The molecular formula is C13H23N5O2S. The molecule has 1 aliphatic heterocycles. The molecule has 0 amide bonds. The van der Waals surface area contributed by atoms with Crippen LogP contribution in [0.5, 0.6) is 0 Å². The van der Waals surface area contributed by atoms with E-state index in [0.29, 0.717) is 32.7 Å². The van der Waals surface area contributed by atoms with Gasteiger partial charge in [0.2, 0.25) is 10.0 Å².